The molecule has 11 heavy (non-hydrogen) atoms. The molecule has 1 rings (SSSR count). The van der Waals surface area contributed by atoms with Crippen molar-refractivity contribution in [3.63, 3.8) is 0 Å². The minimum absolute atomic E-state index is 0.615. The van der Waals surface area contributed by atoms with Gasteiger partial charge in [0.05, 0.1) is 0 Å². The third-order valence-corrected chi connectivity index (χ3v) is 2.79. The minimum atomic E-state index is 0.615. The van der Waals surface area contributed by atoms with E-state index in [1.807, 2.05) is 0 Å². The van der Waals surface area contributed by atoms with Crippen LogP contribution in [0.3, 0.4) is 0 Å². The molecular formula is C9H10ClI. The number of rotatable bonds is 1. The highest BCUT2D eigenvalue weighted by molar-refractivity contribution is 14.1. The summed E-state index contributed by atoms with van der Waals surface area (Å²) in [6, 6.07) is 4.31. The molecule has 0 nitrogen and oxygen atoms in total. The van der Waals surface area contributed by atoms with E-state index >= 15 is 0 Å². The molecule has 0 aliphatic rings. The normalized spacial score (nSPS) is 10.2. The Morgan fingerprint density at radius 2 is 2.00 bits per heavy atom. The van der Waals surface area contributed by atoms with Crippen LogP contribution in [0.15, 0.2) is 12.1 Å². The van der Waals surface area contributed by atoms with Crippen LogP contribution in [-0.2, 0) is 5.88 Å². The Labute approximate surface area is 86.1 Å². The molecule has 0 N–H and O–H groups in total. The van der Waals surface area contributed by atoms with Crippen LogP contribution in [0.2, 0.25) is 0 Å². The van der Waals surface area contributed by atoms with Crippen molar-refractivity contribution in [1.82, 2.24) is 0 Å². The van der Waals surface area contributed by atoms with Gasteiger partial charge in [-0.25, -0.2) is 0 Å². The zero-order chi connectivity index (χ0) is 8.43. The average molecular weight is 281 g/mol. The Hall–Kier alpha value is 0.240. The highest BCUT2D eigenvalue weighted by Gasteiger charge is 2.00. The Kier molecular flexibility index (Phi) is 3.19. The Morgan fingerprint density at radius 1 is 1.36 bits per heavy atom. The van der Waals surface area contributed by atoms with Gasteiger partial charge >= 0.3 is 0 Å². The van der Waals surface area contributed by atoms with Crippen LogP contribution in [0.25, 0.3) is 0 Å². The second-order valence-electron chi connectivity index (χ2n) is 2.64. The van der Waals surface area contributed by atoms with Gasteiger partial charge in [0.2, 0.25) is 0 Å². The summed E-state index contributed by atoms with van der Waals surface area (Å²) >= 11 is 8.09. The number of halogens is 2. The first-order valence-corrected chi connectivity index (χ1v) is 5.08. The predicted molar refractivity (Wildman–Crippen MR) is 58.2 cm³/mol. The molecule has 2 heteroatoms. The van der Waals surface area contributed by atoms with E-state index in [1.54, 1.807) is 0 Å². The lowest BCUT2D eigenvalue weighted by atomic mass is 10.1. The van der Waals surface area contributed by atoms with Gasteiger partial charge in [-0.15, -0.1) is 11.6 Å². The van der Waals surface area contributed by atoms with Gasteiger partial charge in [0.25, 0.3) is 0 Å². The lowest BCUT2D eigenvalue weighted by Gasteiger charge is -2.05. The Balaban J connectivity index is 3.24. The van der Waals surface area contributed by atoms with E-state index in [9.17, 15) is 0 Å². The van der Waals surface area contributed by atoms with Gasteiger partial charge in [0.1, 0.15) is 0 Å². The van der Waals surface area contributed by atoms with Crippen LogP contribution in [0.1, 0.15) is 16.7 Å². The molecule has 0 atom stereocenters. The molecule has 1 aromatic rings. The molecule has 0 bridgehead atoms. The topological polar surface area (TPSA) is 0 Å². The van der Waals surface area contributed by atoms with Crippen molar-refractivity contribution in [1.29, 1.82) is 0 Å². The van der Waals surface area contributed by atoms with Crippen LogP contribution in [0.4, 0.5) is 0 Å². The van der Waals surface area contributed by atoms with Crippen LogP contribution in [-0.4, -0.2) is 0 Å². The van der Waals surface area contributed by atoms with E-state index in [2.05, 4.69) is 48.6 Å². The van der Waals surface area contributed by atoms with Gasteiger partial charge in [-0.05, 0) is 65.3 Å². The summed E-state index contributed by atoms with van der Waals surface area (Å²) in [5.74, 6) is 0.615. The van der Waals surface area contributed by atoms with Gasteiger partial charge < -0.3 is 0 Å². The fraction of sp³-hybridized carbons (Fsp3) is 0.333. The van der Waals surface area contributed by atoms with Crippen molar-refractivity contribution < 1.29 is 0 Å². The summed E-state index contributed by atoms with van der Waals surface area (Å²) in [7, 11) is 0. The average Bonchev–Trinajstić information content (AvgIpc) is 1.96. The second-order valence-corrected chi connectivity index (χ2v) is 4.15. The maximum absolute atomic E-state index is 5.77. The van der Waals surface area contributed by atoms with E-state index in [1.165, 1.54) is 20.3 Å². The number of alkyl halides is 1. The molecule has 0 amide bonds. The second kappa shape index (κ2) is 3.76. The largest absolute Gasteiger partial charge is 0.122 e. The van der Waals surface area contributed by atoms with Crippen molar-refractivity contribution in [3.05, 3.63) is 32.4 Å². The highest BCUT2D eigenvalue weighted by Crippen LogP contribution is 2.18. The zero-order valence-electron chi connectivity index (χ0n) is 6.62. The van der Waals surface area contributed by atoms with Gasteiger partial charge in [-0.1, -0.05) is 0 Å². The molecule has 0 radical (unpaired) electrons. The smallest absolute Gasteiger partial charge is 0.0477 e. The van der Waals surface area contributed by atoms with Crippen LogP contribution in [0, 0.1) is 17.4 Å². The lowest BCUT2D eigenvalue weighted by Crippen LogP contribution is -1.90. The standard InChI is InChI=1S/C9H10ClI/c1-6-3-9(11)4-8(5-10)7(6)2/h3-4H,5H2,1-2H3. The van der Waals surface area contributed by atoms with Crippen LogP contribution < -0.4 is 0 Å². The molecule has 0 aromatic heterocycles. The molecule has 60 valence electrons. The van der Waals surface area contributed by atoms with Gasteiger partial charge in [0, 0.05) is 9.45 Å². The minimum Gasteiger partial charge on any atom is -0.122 e. The lowest BCUT2D eigenvalue weighted by molar-refractivity contribution is 1.23. The third kappa shape index (κ3) is 2.09. The molecule has 0 fully saturated rings. The van der Waals surface area contributed by atoms with Gasteiger partial charge in [-0.2, -0.15) is 0 Å². The highest BCUT2D eigenvalue weighted by atomic mass is 127. The first kappa shape index (κ1) is 9.33. The quantitative estimate of drug-likeness (QED) is 0.544. The predicted octanol–water partition coefficient (Wildman–Crippen LogP) is 3.65. The summed E-state index contributed by atoms with van der Waals surface area (Å²) < 4.78 is 1.27. The fourth-order valence-electron chi connectivity index (χ4n) is 1.02. The van der Waals surface area contributed by atoms with Crippen LogP contribution in [0.5, 0.6) is 0 Å². The first-order chi connectivity index (χ1) is 5.15. The summed E-state index contributed by atoms with van der Waals surface area (Å²) in [5, 5.41) is 0. The Bertz CT molecular complexity index is 269. The summed E-state index contributed by atoms with van der Waals surface area (Å²) in [6.45, 7) is 4.23. The first-order valence-electron chi connectivity index (χ1n) is 3.46. The summed E-state index contributed by atoms with van der Waals surface area (Å²) in [6.07, 6.45) is 0. The van der Waals surface area contributed by atoms with E-state index < -0.39 is 0 Å². The maximum atomic E-state index is 5.77. The van der Waals surface area contributed by atoms with Gasteiger partial charge in [-0.3, -0.25) is 0 Å². The molecule has 1 aromatic carbocycles. The fourth-order valence-corrected chi connectivity index (χ4v) is 2.14. The molecule has 0 saturated heterocycles. The molecule has 0 heterocycles. The van der Waals surface area contributed by atoms with Crippen molar-refractivity contribution in [2.24, 2.45) is 0 Å². The molecular weight excluding hydrogens is 270 g/mol. The number of benzene rings is 1. The number of hydrogen-bond donors (Lipinski definition) is 0. The molecule has 0 aliphatic carbocycles. The maximum Gasteiger partial charge on any atom is 0.0477 e. The third-order valence-electron chi connectivity index (χ3n) is 1.88. The molecule has 0 spiro atoms. The van der Waals surface area contributed by atoms with Gasteiger partial charge in [0.15, 0.2) is 0 Å². The van der Waals surface area contributed by atoms with E-state index in [0.29, 0.717) is 5.88 Å². The number of hydrogen-bond acceptors (Lipinski definition) is 0. The van der Waals surface area contributed by atoms with Crippen LogP contribution >= 0.6 is 34.2 Å². The molecule has 0 saturated carbocycles. The van der Waals surface area contributed by atoms with E-state index in [-0.39, 0.29) is 0 Å². The summed E-state index contributed by atoms with van der Waals surface area (Å²) in [5.41, 5.74) is 3.89. The van der Waals surface area contributed by atoms with E-state index in [4.69, 9.17) is 11.6 Å². The molecule has 0 aliphatic heterocycles. The van der Waals surface area contributed by atoms with Crippen molar-refractivity contribution in [3.8, 4) is 0 Å². The summed E-state index contributed by atoms with van der Waals surface area (Å²) in [4.78, 5) is 0. The Morgan fingerprint density at radius 3 is 2.55 bits per heavy atom. The molecule has 0 unspecified atom stereocenters. The zero-order valence-corrected chi connectivity index (χ0v) is 9.53. The number of aryl methyl sites for hydroxylation is 1. The SMILES string of the molecule is Cc1cc(I)cc(CCl)c1C. The van der Waals surface area contributed by atoms with Crippen molar-refractivity contribution >= 4 is 34.2 Å². The van der Waals surface area contributed by atoms with Crippen molar-refractivity contribution in [2.45, 2.75) is 19.7 Å². The monoisotopic (exact) mass is 280 g/mol. The van der Waals surface area contributed by atoms with Crippen molar-refractivity contribution in [2.75, 3.05) is 0 Å². The van der Waals surface area contributed by atoms with E-state index in [0.717, 1.165) is 0 Å².